The van der Waals surface area contributed by atoms with Crippen LogP contribution in [0.5, 0.6) is 0 Å². The summed E-state index contributed by atoms with van der Waals surface area (Å²) in [5.74, 6) is 2.22. The van der Waals surface area contributed by atoms with Crippen molar-refractivity contribution in [3.63, 3.8) is 0 Å². The van der Waals surface area contributed by atoms with Crippen LogP contribution in [0.1, 0.15) is 54.7 Å². The summed E-state index contributed by atoms with van der Waals surface area (Å²) in [5, 5.41) is 3.70. The van der Waals surface area contributed by atoms with Gasteiger partial charge in [-0.25, -0.2) is 9.97 Å². The first-order valence-corrected chi connectivity index (χ1v) is 13.7. The number of thiophene rings is 1. The average Bonchev–Trinajstić information content (AvgIpc) is 3.76. The van der Waals surface area contributed by atoms with Gasteiger partial charge in [0.15, 0.2) is 0 Å². The van der Waals surface area contributed by atoms with Gasteiger partial charge in [0.2, 0.25) is 5.91 Å². The third-order valence-electron chi connectivity index (χ3n) is 8.70. The highest BCUT2D eigenvalue weighted by atomic mass is 35.5. The van der Waals surface area contributed by atoms with Crippen LogP contribution in [0.15, 0.2) is 18.5 Å². The van der Waals surface area contributed by atoms with E-state index in [4.69, 9.17) is 16.6 Å². The first-order chi connectivity index (χ1) is 16.1. The Morgan fingerprint density at radius 3 is 2.67 bits per heavy atom. The molecule has 1 spiro atoms. The minimum atomic E-state index is -0.427. The Balaban J connectivity index is 1.08. The fraction of sp³-hybridized carbons (Fsp3) is 0.640. The Kier molecular flexibility index (Phi) is 4.63. The van der Waals surface area contributed by atoms with E-state index in [2.05, 4.69) is 26.2 Å². The maximum atomic E-state index is 13.9. The van der Waals surface area contributed by atoms with Crippen molar-refractivity contribution in [2.45, 2.75) is 61.8 Å². The van der Waals surface area contributed by atoms with Gasteiger partial charge in [-0.15, -0.1) is 11.3 Å². The topological polar surface area (TPSA) is 61.4 Å². The number of nitrogens with zero attached hydrogens (tertiary/aromatic N) is 4. The zero-order chi connectivity index (χ0) is 22.2. The molecule has 1 N–H and O–H groups in total. The van der Waals surface area contributed by atoms with E-state index in [0.717, 1.165) is 66.5 Å². The molecule has 3 saturated carbocycles. The summed E-state index contributed by atoms with van der Waals surface area (Å²) in [5.41, 5.74) is 2.60. The number of fused-ring (bicyclic) bond motifs is 2. The van der Waals surface area contributed by atoms with Crippen LogP contribution in [0.3, 0.4) is 0 Å². The predicted octanol–water partition coefficient (Wildman–Crippen LogP) is 3.53. The van der Waals surface area contributed by atoms with Crippen LogP contribution in [0, 0.1) is 5.92 Å². The highest BCUT2D eigenvalue weighted by Crippen LogP contribution is 2.58. The van der Waals surface area contributed by atoms with E-state index in [-0.39, 0.29) is 11.9 Å². The average molecular weight is 484 g/mol. The maximum absolute atomic E-state index is 13.9. The quantitative estimate of drug-likeness (QED) is 0.681. The lowest BCUT2D eigenvalue weighted by Crippen LogP contribution is -2.53. The van der Waals surface area contributed by atoms with Crippen molar-refractivity contribution in [3.05, 3.63) is 38.9 Å². The van der Waals surface area contributed by atoms with Gasteiger partial charge in [0.25, 0.3) is 0 Å². The molecule has 8 heteroatoms. The highest BCUT2D eigenvalue weighted by molar-refractivity contribution is 7.16. The van der Waals surface area contributed by atoms with E-state index in [1.165, 1.54) is 43.4 Å². The molecule has 0 bridgehead atoms. The number of nitrogens with one attached hydrogen (secondary N) is 1. The van der Waals surface area contributed by atoms with Crippen LogP contribution < -0.4 is 10.2 Å². The molecule has 2 unspecified atom stereocenters. The van der Waals surface area contributed by atoms with Crippen molar-refractivity contribution >= 4 is 34.7 Å². The molecule has 0 radical (unpaired) electrons. The fourth-order valence-electron chi connectivity index (χ4n) is 6.23. The number of halogens is 1. The van der Waals surface area contributed by atoms with Crippen molar-refractivity contribution < 1.29 is 4.79 Å². The zero-order valence-electron chi connectivity index (χ0n) is 18.9. The smallest absolute Gasteiger partial charge is 0.235 e. The van der Waals surface area contributed by atoms with Gasteiger partial charge in [-0.3, -0.25) is 4.79 Å². The van der Waals surface area contributed by atoms with Gasteiger partial charge in [-0.1, -0.05) is 11.6 Å². The Morgan fingerprint density at radius 2 is 1.97 bits per heavy atom. The molecule has 1 aliphatic heterocycles. The minimum absolute atomic E-state index is 0.234. The summed E-state index contributed by atoms with van der Waals surface area (Å²) in [4.78, 5) is 28.9. The van der Waals surface area contributed by atoms with Crippen molar-refractivity contribution in [2.24, 2.45) is 5.92 Å². The van der Waals surface area contributed by atoms with Crippen molar-refractivity contribution in [1.29, 1.82) is 0 Å². The molecule has 174 valence electrons. The molecular weight excluding hydrogens is 454 g/mol. The number of hydrogen-bond donors (Lipinski definition) is 1. The molecule has 1 amide bonds. The number of carbonyl (C=O) groups excluding carboxylic acids is 1. The first kappa shape index (κ1) is 20.7. The molecule has 2 atom stereocenters. The van der Waals surface area contributed by atoms with E-state index in [1.807, 2.05) is 6.07 Å². The number of aromatic nitrogens is 2. The number of aryl methyl sites for hydroxylation is 1. The number of rotatable bonds is 6. The number of amides is 1. The summed E-state index contributed by atoms with van der Waals surface area (Å²) in [6.07, 6.45) is 10.1. The maximum Gasteiger partial charge on any atom is 0.235 e. The molecule has 0 aromatic carbocycles. The van der Waals surface area contributed by atoms with Crippen molar-refractivity contribution in [1.82, 2.24) is 20.2 Å². The van der Waals surface area contributed by atoms with Gasteiger partial charge in [-0.2, -0.15) is 0 Å². The van der Waals surface area contributed by atoms with E-state index in [1.54, 1.807) is 17.7 Å². The lowest BCUT2D eigenvalue weighted by atomic mass is 9.99. The number of hydrogen-bond acceptors (Lipinski definition) is 6. The number of piperazine rings is 1. The number of carbonyl (C=O) groups is 1. The summed E-state index contributed by atoms with van der Waals surface area (Å²) < 4.78 is 0.765. The lowest BCUT2D eigenvalue weighted by Gasteiger charge is -2.38. The summed E-state index contributed by atoms with van der Waals surface area (Å²) in [6, 6.07) is 4.24. The Hall–Kier alpha value is -1.70. The zero-order valence-corrected chi connectivity index (χ0v) is 20.4. The van der Waals surface area contributed by atoms with Gasteiger partial charge in [0, 0.05) is 53.8 Å². The van der Waals surface area contributed by atoms with Crippen LogP contribution in [-0.2, 0) is 22.0 Å². The van der Waals surface area contributed by atoms with Gasteiger partial charge in [0.1, 0.15) is 17.6 Å². The minimum Gasteiger partial charge on any atom is -0.353 e. The van der Waals surface area contributed by atoms with Gasteiger partial charge in [0.05, 0.1) is 4.34 Å². The van der Waals surface area contributed by atoms with Crippen LogP contribution >= 0.6 is 22.9 Å². The largest absolute Gasteiger partial charge is 0.353 e. The van der Waals surface area contributed by atoms with Crippen LogP contribution in [-0.4, -0.2) is 59.5 Å². The van der Waals surface area contributed by atoms with E-state index in [9.17, 15) is 4.79 Å². The Morgan fingerprint density at radius 1 is 1.15 bits per heavy atom. The molecule has 7 rings (SSSR count). The first-order valence-electron chi connectivity index (χ1n) is 12.5. The fourth-order valence-corrected chi connectivity index (χ4v) is 7.52. The third-order valence-corrected chi connectivity index (χ3v) is 10.1. The summed E-state index contributed by atoms with van der Waals surface area (Å²) in [6.45, 7) is 4.22. The Bertz CT molecular complexity index is 1100. The lowest BCUT2D eigenvalue weighted by molar-refractivity contribution is -0.134. The molecule has 3 heterocycles. The van der Waals surface area contributed by atoms with Crippen LogP contribution in [0.2, 0.25) is 4.34 Å². The Labute approximate surface area is 203 Å². The van der Waals surface area contributed by atoms with Crippen molar-refractivity contribution in [3.8, 4) is 0 Å². The molecule has 4 fully saturated rings. The predicted molar refractivity (Wildman–Crippen MR) is 130 cm³/mol. The second kappa shape index (κ2) is 7.40. The highest BCUT2D eigenvalue weighted by Gasteiger charge is 2.63. The standard InChI is InChI=1S/C25H30ClN5OS/c26-20-4-3-19(33-20)25(13-18(25)27-14-16-1-2-16)23(32)31-11-9-30(10-12-31)22-21-17(28-15-29-22)5-6-24(21)7-8-24/h3-4,15-16,18,27H,1-2,5-14H2. The van der Waals surface area contributed by atoms with Crippen molar-refractivity contribution in [2.75, 3.05) is 37.6 Å². The van der Waals surface area contributed by atoms with E-state index in [0.29, 0.717) is 5.41 Å². The van der Waals surface area contributed by atoms with Crippen LogP contribution in [0.25, 0.3) is 0 Å². The van der Waals surface area contributed by atoms with E-state index >= 15 is 0 Å². The summed E-state index contributed by atoms with van der Waals surface area (Å²) >= 11 is 7.86. The normalized spacial score (nSPS) is 29.4. The molecule has 2 aromatic heterocycles. The molecule has 5 aliphatic rings. The molecule has 2 aromatic rings. The molecule has 4 aliphatic carbocycles. The van der Waals surface area contributed by atoms with Gasteiger partial charge >= 0.3 is 0 Å². The SMILES string of the molecule is O=C(N1CCN(c2ncnc3c2C2(CC3)CC2)CC1)C1(c2ccc(Cl)s2)CC1NCC1CC1. The molecule has 1 saturated heterocycles. The number of anilines is 1. The second-order valence-corrected chi connectivity index (χ2v) is 12.5. The molecule has 33 heavy (non-hydrogen) atoms. The van der Waals surface area contributed by atoms with Crippen LogP contribution in [0.4, 0.5) is 5.82 Å². The summed E-state index contributed by atoms with van der Waals surface area (Å²) in [7, 11) is 0. The molecule has 6 nitrogen and oxygen atoms in total. The second-order valence-electron chi connectivity index (χ2n) is 10.8. The third kappa shape index (κ3) is 3.34. The van der Waals surface area contributed by atoms with Gasteiger partial charge in [-0.05, 0) is 69.5 Å². The molecular formula is C25H30ClN5OS. The van der Waals surface area contributed by atoms with E-state index < -0.39 is 5.41 Å². The monoisotopic (exact) mass is 483 g/mol. The van der Waals surface area contributed by atoms with Gasteiger partial charge < -0.3 is 15.1 Å².